The van der Waals surface area contributed by atoms with Crippen molar-refractivity contribution < 1.29 is 5.11 Å². The first kappa shape index (κ1) is 12.7. The van der Waals surface area contributed by atoms with Gasteiger partial charge in [0.25, 0.3) is 0 Å². The van der Waals surface area contributed by atoms with Crippen LogP contribution in [-0.2, 0) is 13.0 Å². The van der Waals surface area contributed by atoms with Crippen LogP contribution in [0.1, 0.15) is 30.3 Å². The molecule has 1 aromatic carbocycles. The molecule has 0 bridgehead atoms. The number of benzene rings is 1. The van der Waals surface area contributed by atoms with Crippen molar-refractivity contribution in [2.45, 2.75) is 33.3 Å². The van der Waals surface area contributed by atoms with E-state index in [-0.39, 0.29) is 6.61 Å². The van der Waals surface area contributed by atoms with E-state index in [4.69, 9.17) is 0 Å². The van der Waals surface area contributed by atoms with E-state index in [0.717, 1.165) is 41.1 Å². The van der Waals surface area contributed by atoms with Gasteiger partial charge in [-0.2, -0.15) is 0 Å². The molecule has 0 saturated carbocycles. The Morgan fingerprint density at radius 2 is 1.94 bits per heavy atom. The molecule has 2 rings (SSSR count). The molecule has 0 spiro atoms. The van der Waals surface area contributed by atoms with E-state index in [1.54, 1.807) is 0 Å². The normalized spacial score (nSPS) is 10.6. The summed E-state index contributed by atoms with van der Waals surface area (Å²) in [6.07, 6.45) is 3.91. The molecular weight excluding hydrogens is 224 g/mol. The van der Waals surface area contributed by atoms with Crippen molar-refractivity contribution in [2.24, 2.45) is 0 Å². The lowest BCUT2D eigenvalue weighted by Crippen LogP contribution is -2.00. The fraction of sp³-hybridized carbons (Fsp3) is 0.333. The summed E-state index contributed by atoms with van der Waals surface area (Å²) < 4.78 is 0. The van der Waals surface area contributed by atoms with Gasteiger partial charge < -0.3 is 5.11 Å². The van der Waals surface area contributed by atoms with E-state index in [1.165, 1.54) is 0 Å². The molecule has 0 saturated heterocycles. The predicted molar refractivity (Wildman–Crippen MR) is 72.1 cm³/mol. The Morgan fingerprint density at radius 1 is 1.17 bits per heavy atom. The first-order chi connectivity index (χ1) is 8.76. The molecule has 18 heavy (non-hydrogen) atoms. The molecule has 0 aliphatic carbocycles. The Bertz CT molecular complexity index is 538. The Labute approximate surface area is 108 Å². The van der Waals surface area contributed by atoms with Crippen molar-refractivity contribution in [3.05, 3.63) is 47.4 Å². The van der Waals surface area contributed by atoms with Gasteiger partial charge in [0.05, 0.1) is 12.3 Å². The van der Waals surface area contributed by atoms with Gasteiger partial charge in [0, 0.05) is 11.8 Å². The minimum Gasteiger partial charge on any atom is -0.392 e. The lowest BCUT2D eigenvalue weighted by molar-refractivity contribution is 0.282. The number of hydrogen-bond acceptors (Lipinski definition) is 3. The van der Waals surface area contributed by atoms with Crippen molar-refractivity contribution in [2.75, 3.05) is 0 Å². The first-order valence-electron chi connectivity index (χ1n) is 6.28. The highest BCUT2D eigenvalue weighted by atomic mass is 16.3. The molecule has 1 N–H and O–H groups in total. The van der Waals surface area contributed by atoms with Crippen LogP contribution in [0.15, 0.2) is 30.5 Å². The average Bonchev–Trinajstić information content (AvgIpc) is 2.41. The van der Waals surface area contributed by atoms with E-state index in [1.807, 2.05) is 37.4 Å². The number of aliphatic hydroxyl groups is 1. The smallest absolute Gasteiger partial charge is 0.125 e. The highest BCUT2D eigenvalue weighted by molar-refractivity contribution is 5.66. The Kier molecular flexibility index (Phi) is 4.05. The fourth-order valence-electron chi connectivity index (χ4n) is 2.07. The minimum atomic E-state index is 0.0325. The molecule has 1 heterocycles. The summed E-state index contributed by atoms with van der Waals surface area (Å²) in [5.74, 6) is 0.762. The molecule has 0 fully saturated rings. The van der Waals surface area contributed by atoms with E-state index in [2.05, 4.69) is 16.9 Å². The Morgan fingerprint density at radius 3 is 2.67 bits per heavy atom. The molecule has 0 amide bonds. The highest BCUT2D eigenvalue weighted by Crippen LogP contribution is 2.26. The summed E-state index contributed by atoms with van der Waals surface area (Å²) in [6.45, 7) is 4.06. The van der Waals surface area contributed by atoms with Crippen LogP contribution in [0.5, 0.6) is 0 Å². The Balaban J connectivity index is 2.57. The highest BCUT2D eigenvalue weighted by Gasteiger charge is 2.11. The average molecular weight is 242 g/mol. The van der Waals surface area contributed by atoms with Gasteiger partial charge in [0.15, 0.2) is 0 Å². The van der Waals surface area contributed by atoms with Crippen LogP contribution in [0, 0.1) is 6.92 Å². The van der Waals surface area contributed by atoms with Crippen LogP contribution >= 0.6 is 0 Å². The van der Waals surface area contributed by atoms with Gasteiger partial charge in [-0.1, -0.05) is 37.6 Å². The number of nitrogens with zero attached hydrogens (tertiary/aromatic N) is 2. The summed E-state index contributed by atoms with van der Waals surface area (Å²) >= 11 is 0. The van der Waals surface area contributed by atoms with Gasteiger partial charge in [0.2, 0.25) is 0 Å². The number of aryl methyl sites for hydroxylation is 2. The summed E-state index contributed by atoms with van der Waals surface area (Å²) in [5.41, 5.74) is 4.01. The molecule has 0 radical (unpaired) electrons. The third-order valence-electron chi connectivity index (χ3n) is 2.95. The van der Waals surface area contributed by atoms with Gasteiger partial charge in [0.1, 0.15) is 5.82 Å². The molecule has 0 unspecified atom stereocenters. The maximum Gasteiger partial charge on any atom is 0.125 e. The summed E-state index contributed by atoms with van der Waals surface area (Å²) in [4.78, 5) is 8.81. The number of hydrogen-bond donors (Lipinski definition) is 1. The molecule has 3 heteroatoms. The molecular formula is C15H18N2O. The molecule has 1 aromatic heterocycles. The summed E-state index contributed by atoms with van der Waals surface area (Å²) in [5, 5.41) is 9.43. The van der Waals surface area contributed by atoms with Crippen LogP contribution in [0.2, 0.25) is 0 Å². The van der Waals surface area contributed by atoms with Crippen molar-refractivity contribution in [3.63, 3.8) is 0 Å². The van der Waals surface area contributed by atoms with E-state index >= 15 is 0 Å². The number of aromatic nitrogens is 2. The minimum absolute atomic E-state index is 0.0325. The fourth-order valence-corrected chi connectivity index (χ4v) is 2.07. The predicted octanol–water partition coefficient (Wildman–Crippen LogP) is 2.90. The van der Waals surface area contributed by atoms with E-state index < -0.39 is 0 Å². The summed E-state index contributed by atoms with van der Waals surface area (Å²) in [6, 6.07) is 7.85. The molecule has 0 aliphatic heterocycles. The molecule has 2 aromatic rings. The second kappa shape index (κ2) is 5.74. The van der Waals surface area contributed by atoms with Gasteiger partial charge in [-0.15, -0.1) is 0 Å². The SMILES string of the molecule is CCCc1cnc(C)nc1-c1ccccc1CO. The molecule has 0 aliphatic rings. The van der Waals surface area contributed by atoms with Crippen LogP contribution in [-0.4, -0.2) is 15.1 Å². The van der Waals surface area contributed by atoms with Crippen molar-refractivity contribution >= 4 is 0 Å². The van der Waals surface area contributed by atoms with Gasteiger partial charge in [-0.3, -0.25) is 0 Å². The Hall–Kier alpha value is -1.74. The first-order valence-corrected chi connectivity index (χ1v) is 6.28. The zero-order valence-electron chi connectivity index (χ0n) is 10.8. The van der Waals surface area contributed by atoms with Crippen LogP contribution < -0.4 is 0 Å². The number of aliphatic hydroxyl groups excluding tert-OH is 1. The van der Waals surface area contributed by atoms with Crippen LogP contribution in [0.25, 0.3) is 11.3 Å². The lowest BCUT2D eigenvalue weighted by atomic mass is 9.99. The van der Waals surface area contributed by atoms with Crippen LogP contribution in [0.4, 0.5) is 0 Å². The topological polar surface area (TPSA) is 46.0 Å². The third kappa shape index (κ3) is 2.57. The monoisotopic (exact) mass is 242 g/mol. The maximum atomic E-state index is 9.43. The summed E-state index contributed by atoms with van der Waals surface area (Å²) in [7, 11) is 0. The largest absolute Gasteiger partial charge is 0.392 e. The van der Waals surface area contributed by atoms with Crippen molar-refractivity contribution in [3.8, 4) is 11.3 Å². The van der Waals surface area contributed by atoms with Crippen LogP contribution in [0.3, 0.4) is 0 Å². The van der Waals surface area contributed by atoms with E-state index in [0.29, 0.717) is 0 Å². The molecule has 0 atom stereocenters. The van der Waals surface area contributed by atoms with Gasteiger partial charge in [-0.05, 0) is 24.5 Å². The standard InChI is InChI=1S/C15H18N2O/c1-3-6-12-9-16-11(2)17-15(12)14-8-5-4-7-13(14)10-18/h4-5,7-9,18H,3,6,10H2,1-2H3. The van der Waals surface area contributed by atoms with Crippen molar-refractivity contribution in [1.82, 2.24) is 9.97 Å². The van der Waals surface area contributed by atoms with Crippen molar-refractivity contribution in [1.29, 1.82) is 0 Å². The lowest BCUT2D eigenvalue weighted by Gasteiger charge is -2.11. The molecule has 94 valence electrons. The quantitative estimate of drug-likeness (QED) is 0.896. The number of rotatable bonds is 4. The van der Waals surface area contributed by atoms with Gasteiger partial charge in [-0.25, -0.2) is 9.97 Å². The second-order valence-corrected chi connectivity index (χ2v) is 4.36. The third-order valence-corrected chi connectivity index (χ3v) is 2.95. The maximum absolute atomic E-state index is 9.43. The second-order valence-electron chi connectivity index (χ2n) is 4.36. The zero-order chi connectivity index (χ0) is 13.0. The zero-order valence-corrected chi connectivity index (χ0v) is 10.8. The molecule has 3 nitrogen and oxygen atoms in total. The van der Waals surface area contributed by atoms with Gasteiger partial charge >= 0.3 is 0 Å². The van der Waals surface area contributed by atoms with E-state index in [9.17, 15) is 5.11 Å².